The minimum Gasteiger partial charge on any atom is -0.507 e. The van der Waals surface area contributed by atoms with Crippen molar-refractivity contribution in [3.8, 4) is 29.0 Å². The molecule has 12 heteroatoms. The largest absolute Gasteiger partial charge is 0.507 e. The van der Waals surface area contributed by atoms with E-state index in [1.165, 1.54) is 42.6 Å². The van der Waals surface area contributed by atoms with Gasteiger partial charge in [-0.25, -0.2) is 9.98 Å². The summed E-state index contributed by atoms with van der Waals surface area (Å²) >= 11 is 0. The van der Waals surface area contributed by atoms with Gasteiger partial charge in [-0.3, -0.25) is 14.9 Å². The van der Waals surface area contributed by atoms with Crippen LogP contribution < -0.4 is 5.56 Å². The Balaban J connectivity index is 1.78. The normalized spacial score (nSPS) is 11.4. The number of imidazole rings is 1. The minimum atomic E-state index is -0.879. The molecule has 0 bridgehead atoms. The molecule has 2 aromatic heterocycles. The molecule has 2 N–H and O–H groups in total. The van der Waals surface area contributed by atoms with E-state index in [0.29, 0.717) is 16.9 Å². The Morgan fingerprint density at radius 2 is 1.73 bits per heavy atom. The fourth-order valence-corrected chi connectivity index (χ4v) is 4.17. The van der Waals surface area contributed by atoms with Crippen molar-refractivity contribution >= 4 is 34.5 Å². The highest BCUT2D eigenvalue weighted by Crippen LogP contribution is 2.36. The number of aromatic nitrogens is 3. The smallest absolute Gasteiger partial charge is 0.291 e. The summed E-state index contributed by atoms with van der Waals surface area (Å²) in [4.78, 5) is 36.2. The molecule has 0 atom stereocenters. The van der Waals surface area contributed by atoms with Gasteiger partial charge in [-0.2, -0.15) is 20.3 Å². The van der Waals surface area contributed by atoms with Gasteiger partial charge in [-0.1, -0.05) is 30.3 Å². The molecular weight excluding hydrogens is 524 g/mol. The van der Waals surface area contributed by atoms with Crippen molar-refractivity contribution in [3.63, 3.8) is 0 Å². The SMILES string of the molecule is C/C(=N\n1c(/N=C/c2ccc([N+](=O)[O-])cc2)c(C#N)c(-c2ccccc2O)c(C#N)c1=O)c1nc2ccccc2[nH]1. The number of phenols is 1. The molecule has 0 aliphatic heterocycles. The molecule has 2 heterocycles. The molecule has 3 aromatic carbocycles. The van der Waals surface area contributed by atoms with E-state index < -0.39 is 16.0 Å². The molecule has 198 valence electrons. The Hall–Kier alpha value is -6.40. The fraction of sp³-hybridized carbons (Fsp3) is 0.0345. The van der Waals surface area contributed by atoms with Crippen LogP contribution in [-0.4, -0.2) is 36.6 Å². The average molecular weight is 543 g/mol. The number of nitro groups is 1. The Morgan fingerprint density at radius 3 is 2.39 bits per heavy atom. The number of nitriles is 2. The maximum Gasteiger partial charge on any atom is 0.291 e. The maximum absolute atomic E-state index is 13.7. The number of fused-ring (bicyclic) bond motifs is 1. The second-order valence-electron chi connectivity index (χ2n) is 8.70. The number of nitrogens with zero attached hydrogens (tertiary/aromatic N) is 7. The van der Waals surface area contributed by atoms with E-state index in [4.69, 9.17) is 0 Å². The van der Waals surface area contributed by atoms with Crippen LogP contribution in [0.25, 0.3) is 22.2 Å². The van der Waals surface area contributed by atoms with Crippen molar-refractivity contribution in [3.05, 3.63) is 116 Å². The van der Waals surface area contributed by atoms with Gasteiger partial charge in [-0.05, 0) is 42.8 Å². The highest BCUT2D eigenvalue weighted by atomic mass is 16.6. The number of non-ortho nitro benzene ring substituents is 1. The molecule has 41 heavy (non-hydrogen) atoms. The number of pyridine rings is 1. The molecule has 0 amide bonds. The number of benzene rings is 3. The number of nitro benzene ring substituents is 1. The zero-order chi connectivity index (χ0) is 29.1. The molecule has 0 saturated carbocycles. The molecule has 0 spiro atoms. The van der Waals surface area contributed by atoms with Crippen LogP contribution in [0.1, 0.15) is 29.4 Å². The van der Waals surface area contributed by atoms with Crippen LogP contribution in [0.3, 0.4) is 0 Å². The van der Waals surface area contributed by atoms with Crippen molar-refractivity contribution < 1.29 is 10.0 Å². The van der Waals surface area contributed by atoms with Gasteiger partial charge < -0.3 is 10.1 Å². The average Bonchev–Trinajstić information content (AvgIpc) is 3.42. The number of aliphatic imine (C=N–C) groups is 1. The molecule has 0 radical (unpaired) electrons. The second kappa shape index (κ2) is 10.8. The summed E-state index contributed by atoms with van der Waals surface area (Å²) < 4.78 is 0.838. The number of hydrogen-bond acceptors (Lipinski definition) is 9. The summed E-state index contributed by atoms with van der Waals surface area (Å²) in [6, 6.07) is 22.6. The van der Waals surface area contributed by atoms with E-state index in [1.54, 1.807) is 25.1 Å². The van der Waals surface area contributed by atoms with Crippen LogP contribution in [-0.2, 0) is 0 Å². The van der Waals surface area contributed by atoms with Crippen LogP contribution >= 0.6 is 0 Å². The first-order valence-electron chi connectivity index (χ1n) is 12.0. The number of nitrogens with one attached hydrogen (secondary N) is 1. The lowest BCUT2D eigenvalue weighted by atomic mass is 9.96. The number of hydrogen-bond donors (Lipinski definition) is 2. The van der Waals surface area contributed by atoms with E-state index in [1.807, 2.05) is 30.3 Å². The number of H-pyrrole nitrogens is 1. The first kappa shape index (κ1) is 26.2. The van der Waals surface area contributed by atoms with Crippen LogP contribution in [0.15, 0.2) is 87.7 Å². The third kappa shape index (κ3) is 4.92. The Kier molecular flexibility index (Phi) is 6.88. The standard InChI is InChI=1S/C29H18N8O4/c1-17(27-33-23-7-3-4-8-24(23)34-27)35-36-28(32-16-18-10-12-19(13-11-18)37(40)41)21(14-30)26(22(15-31)29(36)39)20-6-2-5-9-25(20)38/h2-13,16,38H,1H3,(H,33,34)/b32-16+,35-17+. The number of aromatic hydroxyl groups is 1. The summed E-state index contributed by atoms with van der Waals surface area (Å²) in [5.41, 5.74) is 0.497. The van der Waals surface area contributed by atoms with Gasteiger partial charge in [0.25, 0.3) is 11.2 Å². The van der Waals surface area contributed by atoms with E-state index in [2.05, 4.69) is 20.1 Å². The van der Waals surface area contributed by atoms with Crippen molar-refractivity contribution in [2.75, 3.05) is 0 Å². The maximum atomic E-state index is 13.7. The monoisotopic (exact) mass is 542 g/mol. The summed E-state index contributed by atoms with van der Waals surface area (Å²) in [5.74, 6) is -0.112. The van der Waals surface area contributed by atoms with Gasteiger partial charge in [0.1, 0.15) is 34.7 Å². The molecule has 0 unspecified atom stereocenters. The lowest BCUT2D eigenvalue weighted by Crippen LogP contribution is -2.23. The number of rotatable bonds is 6. The molecule has 0 saturated heterocycles. The number of para-hydroxylation sites is 3. The lowest BCUT2D eigenvalue weighted by molar-refractivity contribution is -0.384. The van der Waals surface area contributed by atoms with E-state index in [-0.39, 0.29) is 39.7 Å². The Bertz CT molecular complexity index is 2010. The first-order chi connectivity index (χ1) is 19.8. The molecular formula is C29H18N8O4. The minimum absolute atomic E-state index is 0.0922. The summed E-state index contributed by atoms with van der Waals surface area (Å²) in [6.45, 7) is 1.60. The van der Waals surface area contributed by atoms with Crippen LogP contribution in [0, 0.1) is 32.8 Å². The predicted molar refractivity (Wildman–Crippen MR) is 151 cm³/mol. The summed E-state index contributed by atoms with van der Waals surface area (Å²) in [7, 11) is 0. The van der Waals surface area contributed by atoms with Gasteiger partial charge in [-0.15, -0.1) is 0 Å². The van der Waals surface area contributed by atoms with Gasteiger partial charge in [0.05, 0.1) is 16.0 Å². The Morgan fingerprint density at radius 1 is 1.05 bits per heavy atom. The van der Waals surface area contributed by atoms with E-state index in [0.717, 1.165) is 10.2 Å². The highest BCUT2D eigenvalue weighted by Gasteiger charge is 2.25. The molecule has 0 aliphatic rings. The molecule has 12 nitrogen and oxygen atoms in total. The third-order valence-corrected chi connectivity index (χ3v) is 6.15. The molecule has 5 aromatic rings. The van der Waals surface area contributed by atoms with Crippen LogP contribution in [0.2, 0.25) is 0 Å². The van der Waals surface area contributed by atoms with Crippen molar-refractivity contribution in [1.82, 2.24) is 14.6 Å². The lowest BCUT2D eigenvalue weighted by Gasteiger charge is -2.14. The molecule has 0 aliphatic carbocycles. The van der Waals surface area contributed by atoms with Crippen molar-refractivity contribution in [1.29, 1.82) is 10.5 Å². The summed E-state index contributed by atoms with van der Waals surface area (Å²) in [5, 5.41) is 46.2. The molecule has 5 rings (SSSR count). The number of phenolic OH excluding ortho intramolecular Hbond substituents is 1. The third-order valence-electron chi connectivity index (χ3n) is 6.15. The van der Waals surface area contributed by atoms with Crippen LogP contribution in [0.5, 0.6) is 5.75 Å². The van der Waals surface area contributed by atoms with Gasteiger partial charge >= 0.3 is 0 Å². The molecule has 0 fully saturated rings. The van der Waals surface area contributed by atoms with Crippen molar-refractivity contribution in [2.24, 2.45) is 10.1 Å². The van der Waals surface area contributed by atoms with Gasteiger partial charge in [0.2, 0.25) is 0 Å². The first-order valence-corrected chi connectivity index (χ1v) is 12.0. The summed E-state index contributed by atoms with van der Waals surface area (Å²) in [6.07, 6.45) is 1.31. The topological polar surface area (TPSA) is 186 Å². The van der Waals surface area contributed by atoms with Gasteiger partial charge in [0, 0.05) is 29.5 Å². The zero-order valence-electron chi connectivity index (χ0n) is 21.3. The second-order valence-corrected chi connectivity index (χ2v) is 8.70. The number of aromatic amines is 1. The zero-order valence-corrected chi connectivity index (χ0v) is 21.3. The Labute approximate surface area is 231 Å². The fourth-order valence-electron chi connectivity index (χ4n) is 4.17. The van der Waals surface area contributed by atoms with Gasteiger partial charge in [0.15, 0.2) is 11.6 Å². The quantitative estimate of drug-likeness (QED) is 0.176. The predicted octanol–water partition coefficient (Wildman–Crippen LogP) is 4.77. The van der Waals surface area contributed by atoms with Crippen molar-refractivity contribution in [2.45, 2.75) is 6.92 Å². The van der Waals surface area contributed by atoms with E-state index >= 15 is 0 Å². The highest BCUT2D eigenvalue weighted by molar-refractivity contribution is 5.98. The van der Waals surface area contributed by atoms with Crippen LogP contribution in [0.4, 0.5) is 11.5 Å². The van der Waals surface area contributed by atoms with E-state index in [9.17, 15) is 30.5 Å².